The molecule has 0 fully saturated rings. The van der Waals surface area contributed by atoms with Crippen LogP contribution < -0.4 is 57.1 Å². The summed E-state index contributed by atoms with van der Waals surface area (Å²) >= 11 is 0. The van der Waals surface area contributed by atoms with Gasteiger partial charge in [0.2, 0.25) is 5.91 Å². The first kappa shape index (κ1) is 12.8. The van der Waals surface area contributed by atoms with Crippen LogP contribution in [0, 0.1) is 0 Å². The molecule has 0 aliphatic carbocycles. The summed E-state index contributed by atoms with van der Waals surface area (Å²) in [5.74, 6) is -0.182. The van der Waals surface area contributed by atoms with E-state index in [1.807, 2.05) is 0 Å². The van der Waals surface area contributed by atoms with Crippen LogP contribution in [0.3, 0.4) is 0 Å². The number of hydrogen-bond acceptors (Lipinski definition) is 1. The number of primary amides is 1. The van der Waals surface area contributed by atoms with Crippen molar-refractivity contribution in [2.24, 2.45) is 5.73 Å². The normalized spacial score (nSPS) is 8.11. The molecule has 0 unspecified atom stereocenters. The maximum absolute atomic E-state index is 10.1. The Bertz CT molecular complexity index is 80.1. The number of carbonyl (C=O) groups is 1. The Morgan fingerprint density at radius 2 is 2.11 bits per heavy atom. The molecule has 0 saturated heterocycles. The van der Waals surface area contributed by atoms with Crippen LogP contribution in [0.5, 0.6) is 0 Å². The van der Waals surface area contributed by atoms with Gasteiger partial charge in [-0.3, -0.25) is 4.79 Å². The Hall–Kier alpha value is 1.11. The van der Waals surface area contributed by atoms with Gasteiger partial charge in [0.15, 0.2) is 0 Å². The van der Waals surface area contributed by atoms with E-state index in [-0.39, 0.29) is 58.7 Å². The van der Waals surface area contributed by atoms with Crippen LogP contribution >= 0.6 is 0 Å². The van der Waals surface area contributed by atoms with Gasteiger partial charge in [0.1, 0.15) is 0 Å². The van der Waals surface area contributed by atoms with Gasteiger partial charge in [-0.15, -0.1) is 0 Å². The molecule has 0 aliphatic heterocycles. The first-order chi connectivity index (χ1) is 3.77. The molecule has 0 rings (SSSR count). The van der Waals surface area contributed by atoms with E-state index in [1.54, 1.807) is 0 Å². The summed E-state index contributed by atoms with van der Waals surface area (Å²) in [6.07, 6.45) is 3.76. The second-order valence-electron chi connectivity index (χ2n) is 1.92. The van der Waals surface area contributed by atoms with Crippen molar-refractivity contribution in [2.45, 2.75) is 32.6 Å². The van der Waals surface area contributed by atoms with Crippen molar-refractivity contribution < 1.29 is 57.6 Å². The van der Waals surface area contributed by atoms with Crippen LogP contribution in [0.15, 0.2) is 0 Å². The van der Waals surface area contributed by atoms with Crippen LogP contribution in [-0.4, -0.2) is 5.91 Å². The standard InChI is InChI=1S/C6H13NO.K.H/c1-2-3-4-5-6(7)8;;/h2-5H2,1H3,(H2,7,8);;/q;+1;-1. The molecule has 0 aromatic heterocycles. The number of carbonyl (C=O) groups excluding carboxylic acids is 1. The minimum absolute atomic E-state index is 0. The molecule has 0 saturated carbocycles. The van der Waals surface area contributed by atoms with E-state index in [1.165, 1.54) is 0 Å². The van der Waals surface area contributed by atoms with Gasteiger partial charge in [-0.25, -0.2) is 0 Å². The molecule has 0 heterocycles. The van der Waals surface area contributed by atoms with E-state index in [0.717, 1.165) is 19.3 Å². The van der Waals surface area contributed by atoms with Crippen molar-refractivity contribution in [2.75, 3.05) is 0 Å². The van der Waals surface area contributed by atoms with Crippen molar-refractivity contribution in [3.8, 4) is 0 Å². The summed E-state index contributed by atoms with van der Waals surface area (Å²) in [7, 11) is 0. The average Bonchev–Trinajstić information content (AvgIpc) is 1.66. The van der Waals surface area contributed by atoms with Crippen LogP contribution in [0.2, 0.25) is 0 Å². The Kier molecular flexibility index (Phi) is 12.9. The maximum atomic E-state index is 10.1. The molecule has 9 heavy (non-hydrogen) atoms. The second kappa shape index (κ2) is 9.11. The minimum atomic E-state index is -0.182. The summed E-state index contributed by atoms with van der Waals surface area (Å²) in [4.78, 5) is 10.1. The third kappa shape index (κ3) is 12.3. The minimum Gasteiger partial charge on any atom is -1.00 e. The van der Waals surface area contributed by atoms with Crippen molar-refractivity contribution in [1.29, 1.82) is 0 Å². The van der Waals surface area contributed by atoms with Gasteiger partial charge in [0, 0.05) is 6.42 Å². The average molecular weight is 155 g/mol. The van der Waals surface area contributed by atoms with Gasteiger partial charge in [0.25, 0.3) is 0 Å². The molecule has 0 aromatic carbocycles. The Labute approximate surface area is 100 Å². The summed E-state index contributed by atoms with van der Waals surface area (Å²) in [6.45, 7) is 2.10. The fourth-order valence-corrected chi connectivity index (χ4v) is 0.549. The number of hydrogen-bond donors (Lipinski definition) is 1. The van der Waals surface area contributed by atoms with E-state index < -0.39 is 0 Å². The van der Waals surface area contributed by atoms with E-state index in [0.29, 0.717) is 6.42 Å². The third-order valence-corrected chi connectivity index (χ3v) is 1.03. The molecule has 0 atom stereocenters. The molecule has 0 bridgehead atoms. The van der Waals surface area contributed by atoms with Crippen molar-refractivity contribution in [3.05, 3.63) is 0 Å². The zero-order valence-electron chi connectivity index (χ0n) is 7.31. The van der Waals surface area contributed by atoms with Crippen molar-refractivity contribution in [1.82, 2.24) is 0 Å². The molecule has 2 nitrogen and oxygen atoms in total. The molecule has 1 amide bonds. The fourth-order valence-electron chi connectivity index (χ4n) is 0.549. The van der Waals surface area contributed by atoms with Crippen LogP contribution in [-0.2, 0) is 4.79 Å². The maximum Gasteiger partial charge on any atom is 1.00 e. The van der Waals surface area contributed by atoms with Crippen LogP contribution in [0.1, 0.15) is 34.0 Å². The number of unbranched alkanes of at least 4 members (excludes halogenated alkanes) is 2. The smallest absolute Gasteiger partial charge is 1.00 e. The number of rotatable bonds is 4. The fraction of sp³-hybridized carbons (Fsp3) is 0.833. The predicted octanol–water partition coefficient (Wildman–Crippen LogP) is -1.83. The molecule has 3 heteroatoms. The topological polar surface area (TPSA) is 43.1 Å². The molecular weight excluding hydrogens is 141 g/mol. The van der Waals surface area contributed by atoms with E-state index in [4.69, 9.17) is 5.73 Å². The molecule has 2 N–H and O–H groups in total. The zero-order valence-corrected chi connectivity index (χ0v) is 9.44. The van der Waals surface area contributed by atoms with Gasteiger partial charge in [-0.1, -0.05) is 19.8 Å². The monoisotopic (exact) mass is 155 g/mol. The Balaban J connectivity index is -0.000000245. The molecule has 0 radical (unpaired) electrons. The molecular formula is C6H14KNO. The van der Waals surface area contributed by atoms with Gasteiger partial charge < -0.3 is 7.16 Å². The van der Waals surface area contributed by atoms with Gasteiger partial charge >= 0.3 is 51.4 Å². The van der Waals surface area contributed by atoms with Gasteiger partial charge in [-0.2, -0.15) is 0 Å². The van der Waals surface area contributed by atoms with E-state index in [9.17, 15) is 4.79 Å². The molecule has 0 spiro atoms. The van der Waals surface area contributed by atoms with Gasteiger partial charge in [0.05, 0.1) is 0 Å². The van der Waals surface area contributed by atoms with Crippen molar-refractivity contribution >= 4 is 5.91 Å². The summed E-state index contributed by atoms with van der Waals surface area (Å²) < 4.78 is 0. The largest absolute Gasteiger partial charge is 1.00 e. The number of amides is 1. The SMILES string of the molecule is CCCCCC(N)=O.[H-].[K+]. The van der Waals surface area contributed by atoms with Gasteiger partial charge in [-0.05, 0) is 6.42 Å². The predicted molar refractivity (Wildman–Crippen MR) is 34.4 cm³/mol. The number of nitrogens with two attached hydrogens (primary N) is 1. The zero-order chi connectivity index (χ0) is 6.41. The first-order valence-electron chi connectivity index (χ1n) is 3.05. The molecule has 50 valence electrons. The Morgan fingerprint density at radius 1 is 1.56 bits per heavy atom. The van der Waals surface area contributed by atoms with Crippen LogP contribution in [0.25, 0.3) is 0 Å². The third-order valence-electron chi connectivity index (χ3n) is 1.03. The second-order valence-corrected chi connectivity index (χ2v) is 1.92. The van der Waals surface area contributed by atoms with E-state index >= 15 is 0 Å². The Morgan fingerprint density at radius 3 is 2.44 bits per heavy atom. The quantitative estimate of drug-likeness (QED) is 0.376. The molecule has 0 aliphatic rings. The summed E-state index contributed by atoms with van der Waals surface area (Å²) in [5.41, 5.74) is 4.89. The molecule has 0 aromatic rings. The summed E-state index contributed by atoms with van der Waals surface area (Å²) in [5, 5.41) is 0. The van der Waals surface area contributed by atoms with E-state index in [2.05, 4.69) is 6.92 Å². The first-order valence-corrected chi connectivity index (χ1v) is 3.05. The summed E-state index contributed by atoms with van der Waals surface area (Å²) in [6, 6.07) is 0. The van der Waals surface area contributed by atoms with Crippen molar-refractivity contribution in [3.63, 3.8) is 0 Å². The van der Waals surface area contributed by atoms with Crippen LogP contribution in [0.4, 0.5) is 0 Å².